The van der Waals surface area contributed by atoms with Gasteiger partial charge in [-0.2, -0.15) is 0 Å². The van der Waals surface area contributed by atoms with Crippen LogP contribution in [0.3, 0.4) is 0 Å². The van der Waals surface area contributed by atoms with Gasteiger partial charge in [0.05, 0.1) is 0 Å². The van der Waals surface area contributed by atoms with Crippen LogP contribution in [0.5, 0.6) is 0 Å². The molecule has 0 bridgehead atoms. The first-order chi connectivity index (χ1) is 9.00. The van der Waals surface area contributed by atoms with Gasteiger partial charge in [0.1, 0.15) is 6.04 Å². The van der Waals surface area contributed by atoms with Crippen LogP contribution in [0.25, 0.3) is 0 Å². The van der Waals surface area contributed by atoms with E-state index in [1.165, 1.54) is 4.90 Å². The molecule has 0 radical (unpaired) electrons. The maximum absolute atomic E-state index is 12.3. The van der Waals surface area contributed by atoms with Gasteiger partial charge < -0.3 is 20.6 Å². The second-order valence-corrected chi connectivity index (χ2v) is 5.14. The summed E-state index contributed by atoms with van der Waals surface area (Å²) in [5.74, 6) is -1.44. The summed E-state index contributed by atoms with van der Waals surface area (Å²) in [6.45, 7) is 1.43. The normalized spacial score (nSPS) is 24.5. The average Bonchev–Trinajstić information content (AvgIpc) is 2.87. The number of hydrogen-bond donors (Lipinski definition) is 2. The molecule has 2 heterocycles. The van der Waals surface area contributed by atoms with Crippen molar-refractivity contribution in [2.24, 2.45) is 11.7 Å². The largest absolute Gasteiger partial charge is 0.480 e. The number of aliphatic carboxylic acids is 1. The SMILES string of the molecule is NC(=O)C1CCN(C(=O)N2CCC[C@H]2C(=O)O)CC1. The van der Waals surface area contributed by atoms with Crippen LogP contribution in [0.15, 0.2) is 0 Å². The molecule has 0 unspecified atom stereocenters. The molecule has 0 spiro atoms. The van der Waals surface area contributed by atoms with Crippen molar-refractivity contribution in [3.63, 3.8) is 0 Å². The minimum atomic E-state index is -0.946. The van der Waals surface area contributed by atoms with Crippen molar-refractivity contribution in [3.8, 4) is 0 Å². The standard InChI is InChI=1S/C12H19N3O4/c13-10(16)8-3-6-14(7-4-8)12(19)15-5-1-2-9(15)11(17)18/h8-9H,1-7H2,(H2,13,16)(H,17,18)/t9-/m0/s1. The Morgan fingerprint density at radius 2 is 1.68 bits per heavy atom. The number of piperidine rings is 1. The van der Waals surface area contributed by atoms with Crippen LogP contribution < -0.4 is 5.73 Å². The zero-order valence-electron chi connectivity index (χ0n) is 10.7. The maximum Gasteiger partial charge on any atom is 0.326 e. The molecule has 0 saturated carbocycles. The van der Waals surface area contributed by atoms with Gasteiger partial charge in [0.2, 0.25) is 5.91 Å². The highest BCUT2D eigenvalue weighted by Crippen LogP contribution is 2.23. The number of nitrogens with zero attached hydrogens (tertiary/aromatic N) is 2. The van der Waals surface area contributed by atoms with E-state index in [1.54, 1.807) is 4.90 Å². The first kappa shape index (κ1) is 13.6. The summed E-state index contributed by atoms with van der Waals surface area (Å²) in [4.78, 5) is 37.4. The van der Waals surface area contributed by atoms with Gasteiger partial charge in [0.25, 0.3) is 0 Å². The molecule has 2 rings (SSSR count). The molecule has 3 N–H and O–H groups in total. The van der Waals surface area contributed by atoms with Crippen LogP contribution >= 0.6 is 0 Å². The lowest BCUT2D eigenvalue weighted by molar-refractivity contribution is -0.141. The molecule has 7 nitrogen and oxygen atoms in total. The van der Waals surface area contributed by atoms with Crippen molar-refractivity contribution >= 4 is 17.9 Å². The van der Waals surface area contributed by atoms with Gasteiger partial charge >= 0.3 is 12.0 Å². The Morgan fingerprint density at radius 3 is 2.21 bits per heavy atom. The van der Waals surface area contributed by atoms with Crippen LogP contribution in [0.2, 0.25) is 0 Å². The lowest BCUT2D eigenvalue weighted by atomic mass is 9.96. The summed E-state index contributed by atoms with van der Waals surface area (Å²) in [6, 6.07) is -0.936. The molecular formula is C12H19N3O4. The summed E-state index contributed by atoms with van der Waals surface area (Å²) in [5.41, 5.74) is 5.24. The molecule has 0 aliphatic carbocycles. The fourth-order valence-electron chi connectivity index (χ4n) is 2.79. The number of carboxylic acids is 1. The van der Waals surface area contributed by atoms with Crippen LogP contribution in [-0.2, 0) is 9.59 Å². The maximum atomic E-state index is 12.3. The molecule has 3 amide bonds. The molecular weight excluding hydrogens is 250 g/mol. The van der Waals surface area contributed by atoms with E-state index >= 15 is 0 Å². The van der Waals surface area contributed by atoms with Gasteiger partial charge in [-0.1, -0.05) is 0 Å². The average molecular weight is 269 g/mol. The number of carboxylic acid groups (broad SMARTS) is 1. The molecule has 0 aromatic rings. The molecule has 2 fully saturated rings. The van der Waals surface area contributed by atoms with Crippen molar-refractivity contribution in [2.75, 3.05) is 19.6 Å². The lowest BCUT2D eigenvalue weighted by Crippen LogP contribution is -2.51. The minimum absolute atomic E-state index is 0.169. The van der Waals surface area contributed by atoms with E-state index in [4.69, 9.17) is 10.8 Å². The number of carbonyl (C=O) groups is 3. The summed E-state index contributed by atoms with van der Waals surface area (Å²) in [5, 5.41) is 9.07. The Labute approximate surface area is 111 Å². The fourth-order valence-corrected chi connectivity index (χ4v) is 2.79. The summed E-state index contributed by atoms with van der Waals surface area (Å²) in [7, 11) is 0. The quantitative estimate of drug-likeness (QED) is 0.727. The van der Waals surface area contributed by atoms with E-state index in [9.17, 15) is 14.4 Å². The van der Waals surface area contributed by atoms with E-state index in [-0.39, 0.29) is 17.9 Å². The third-order valence-corrected chi connectivity index (χ3v) is 3.95. The molecule has 1 atom stereocenters. The van der Waals surface area contributed by atoms with Gasteiger partial charge in [-0.3, -0.25) is 4.79 Å². The molecule has 2 saturated heterocycles. The van der Waals surface area contributed by atoms with Gasteiger partial charge in [-0.05, 0) is 25.7 Å². The van der Waals surface area contributed by atoms with Crippen molar-refractivity contribution in [2.45, 2.75) is 31.7 Å². The van der Waals surface area contributed by atoms with Gasteiger partial charge in [0.15, 0.2) is 0 Å². The van der Waals surface area contributed by atoms with Gasteiger partial charge in [-0.25, -0.2) is 9.59 Å². The first-order valence-electron chi connectivity index (χ1n) is 6.58. The third-order valence-electron chi connectivity index (χ3n) is 3.95. The smallest absolute Gasteiger partial charge is 0.326 e. The van der Waals surface area contributed by atoms with Crippen LogP contribution in [-0.4, -0.2) is 58.5 Å². The fraction of sp³-hybridized carbons (Fsp3) is 0.750. The van der Waals surface area contributed by atoms with E-state index in [0.717, 1.165) is 6.42 Å². The lowest BCUT2D eigenvalue weighted by Gasteiger charge is -2.34. The minimum Gasteiger partial charge on any atom is -0.480 e. The van der Waals surface area contributed by atoms with Crippen molar-refractivity contribution in [1.82, 2.24) is 9.80 Å². The zero-order chi connectivity index (χ0) is 14.0. The van der Waals surface area contributed by atoms with Crippen molar-refractivity contribution in [1.29, 1.82) is 0 Å². The van der Waals surface area contributed by atoms with Crippen LogP contribution in [0.4, 0.5) is 4.79 Å². The second kappa shape index (κ2) is 5.46. The monoisotopic (exact) mass is 269 g/mol. The molecule has 2 aliphatic rings. The van der Waals surface area contributed by atoms with Crippen LogP contribution in [0.1, 0.15) is 25.7 Å². The molecule has 19 heavy (non-hydrogen) atoms. The molecule has 2 aliphatic heterocycles. The van der Waals surface area contributed by atoms with Crippen molar-refractivity contribution < 1.29 is 19.5 Å². The molecule has 7 heteroatoms. The Bertz CT molecular complexity index is 390. The Balaban J connectivity index is 1.94. The number of likely N-dealkylation sites (tertiary alicyclic amines) is 2. The molecule has 0 aromatic carbocycles. The summed E-state index contributed by atoms with van der Waals surface area (Å²) < 4.78 is 0. The number of carbonyl (C=O) groups excluding carboxylic acids is 2. The predicted molar refractivity (Wildman–Crippen MR) is 66.3 cm³/mol. The number of hydrogen-bond acceptors (Lipinski definition) is 3. The van der Waals surface area contributed by atoms with Crippen molar-refractivity contribution in [3.05, 3.63) is 0 Å². The van der Waals surface area contributed by atoms with E-state index in [0.29, 0.717) is 38.9 Å². The third kappa shape index (κ3) is 2.80. The number of urea groups is 1. The second-order valence-electron chi connectivity index (χ2n) is 5.14. The summed E-state index contributed by atoms with van der Waals surface area (Å²) in [6.07, 6.45) is 2.36. The van der Waals surface area contributed by atoms with E-state index < -0.39 is 12.0 Å². The number of primary amides is 1. The highest BCUT2D eigenvalue weighted by molar-refractivity contribution is 5.83. The number of nitrogens with two attached hydrogens (primary N) is 1. The topological polar surface area (TPSA) is 104 Å². The number of amides is 3. The van der Waals surface area contributed by atoms with E-state index in [1.807, 2.05) is 0 Å². The van der Waals surface area contributed by atoms with Crippen LogP contribution in [0, 0.1) is 5.92 Å². The first-order valence-corrected chi connectivity index (χ1v) is 6.58. The van der Waals surface area contributed by atoms with Gasteiger partial charge in [-0.15, -0.1) is 0 Å². The summed E-state index contributed by atoms with van der Waals surface area (Å²) >= 11 is 0. The Hall–Kier alpha value is -1.79. The molecule has 106 valence electrons. The Morgan fingerprint density at radius 1 is 1.05 bits per heavy atom. The highest BCUT2D eigenvalue weighted by Gasteiger charge is 2.37. The highest BCUT2D eigenvalue weighted by atomic mass is 16.4. The zero-order valence-corrected chi connectivity index (χ0v) is 10.7. The molecule has 0 aromatic heterocycles. The van der Waals surface area contributed by atoms with E-state index in [2.05, 4.69) is 0 Å². The van der Waals surface area contributed by atoms with Gasteiger partial charge in [0, 0.05) is 25.6 Å². The predicted octanol–water partition coefficient (Wildman–Crippen LogP) is -0.147. The number of rotatable bonds is 2. The Kier molecular flexibility index (Phi) is 3.92.